The van der Waals surface area contributed by atoms with E-state index in [4.69, 9.17) is 11.6 Å². The van der Waals surface area contributed by atoms with Crippen LogP contribution in [0, 0.1) is 0 Å². The number of sulfonamides is 2. The van der Waals surface area contributed by atoms with E-state index in [-0.39, 0.29) is 11.4 Å². The van der Waals surface area contributed by atoms with Crippen LogP contribution in [0.15, 0.2) is 47.4 Å². The Morgan fingerprint density at radius 1 is 0.923 bits per heavy atom. The topological polar surface area (TPSA) is 92.3 Å². The van der Waals surface area contributed by atoms with Gasteiger partial charge >= 0.3 is 6.18 Å². The number of anilines is 2. The van der Waals surface area contributed by atoms with Crippen molar-refractivity contribution in [3.05, 3.63) is 53.1 Å². The van der Waals surface area contributed by atoms with Gasteiger partial charge in [0, 0.05) is 0 Å². The van der Waals surface area contributed by atoms with Crippen molar-refractivity contribution in [2.24, 2.45) is 0 Å². The Morgan fingerprint density at radius 3 is 1.96 bits per heavy atom. The molecule has 0 bridgehead atoms. The third-order valence-corrected chi connectivity index (χ3v) is 5.30. The van der Waals surface area contributed by atoms with Crippen LogP contribution in [-0.4, -0.2) is 23.1 Å². The van der Waals surface area contributed by atoms with Gasteiger partial charge in [-0.2, -0.15) is 13.2 Å². The lowest BCUT2D eigenvalue weighted by atomic mass is 10.2. The van der Waals surface area contributed by atoms with Gasteiger partial charge in [0.2, 0.25) is 10.0 Å². The molecule has 0 saturated heterocycles. The lowest BCUT2D eigenvalue weighted by molar-refractivity contribution is -0.137. The number of halogens is 4. The lowest BCUT2D eigenvalue weighted by Gasteiger charge is -2.15. The highest BCUT2D eigenvalue weighted by atomic mass is 35.5. The zero-order valence-electron chi connectivity index (χ0n) is 13.0. The molecule has 142 valence electrons. The average Bonchev–Trinajstić information content (AvgIpc) is 2.46. The molecular weight excluding hydrogens is 417 g/mol. The molecule has 6 nitrogen and oxygen atoms in total. The minimum Gasteiger partial charge on any atom is -0.282 e. The molecule has 0 radical (unpaired) electrons. The van der Waals surface area contributed by atoms with Crippen LogP contribution in [0.25, 0.3) is 0 Å². The third kappa shape index (κ3) is 5.02. The van der Waals surface area contributed by atoms with Gasteiger partial charge in [-0.25, -0.2) is 16.8 Å². The van der Waals surface area contributed by atoms with Gasteiger partial charge in [-0.1, -0.05) is 23.7 Å². The molecule has 0 aliphatic rings. The van der Waals surface area contributed by atoms with Crippen LogP contribution >= 0.6 is 11.6 Å². The quantitative estimate of drug-likeness (QED) is 0.762. The summed E-state index contributed by atoms with van der Waals surface area (Å²) in [5.41, 5.74) is -1.53. The van der Waals surface area contributed by atoms with Gasteiger partial charge in [-0.15, -0.1) is 0 Å². The van der Waals surface area contributed by atoms with E-state index in [1.165, 1.54) is 24.3 Å². The van der Waals surface area contributed by atoms with Crippen molar-refractivity contribution >= 4 is 43.0 Å². The summed E-state index contributed by atoms with van der Waals surface area (Å²) in [5.74, 6) is 0. The average molecular weight is 429 g/mol. The van der Waals surface area contributed by atoms with Gasteiger partial charge in [0.1, 0.15) is 0 Å². The summed E-state index contributed by atoms with van der Waals surface area (Å²) < 4.78 is 90.5. The first kappa shape index (κ1) is 20.3. The molecule has 2 aromatic carbocycles. The fraction of sp³-hybridized carbons (Fsp3) is 0.143. The molecule has 0 spiro atoms. The van der Waals surface area contributed by atoms with E-state index in [0.29, 0.717) is 6.07 Å². The van der Waals surface area contributed by atoms with Crippen molar-refractivity contribution in [2.75, 3.05) is 15.7 Å². The first-order valence-electron chi connectivity index (χ1n) is 6.76. The van der Waals surface area contributed by atoms with E-state index in [1.807, 2.05) is 0 Å². The second-order valence-electron chi connectivity index (χ2n) is 5.16. The molecule has 0 aliphatic carbocycles. The fourth-order valence-electron chi connectivity index (χ4n) is 1.95. The summed E-state index contributed by atoms with van der Waals surface area (Å²) in [5, 5.41) is -0.643. The first-order valence-corrected chi connectivity index (χ1v) is 10.5. The maximum absolute atomic E-state index is 12.9. The van der Waals surface area contributed by atoms with Crippen molar-refractivity contribution < 1.29 is 30.0 Å². The molecular formula is C14H12ClF3N2O4S2. The maximum Gasteiger partial charge on any atom is 0.417 e. The van der Waals surface area contributed by atoms with Gasteiger partial charge in [0.15, 0.2) is 0 Å². The van der Waals surface area contributed by atoms with E-state index < -0.39 is 41.7 Å². The first-order chi connectivity index (χ1) is 11.8. The zero-order chi connectivity index (χ0) is 19.8. The highest BCUT2D eigenvalue weighted by Gasteiger charge is 2.34. The van der Waals surface area contributed by atoms with Crippen molar-refractivity contribution in [1.82, 2.24) is 0 Å². The van der Waals surface area contributed by atoms with E-state index in [0.717, 1.165) is 18.4 Å². The standard InChI is InChI=1S/C14H12ClF3N2O4S2/c1-25(21,22)19-12-4-2-3-5-13(12)20-26(23,24)9-6-7-11(15)10(8-9)14(16,17)18/h2-8,19-20H,1H3. The zero-order valence-corrected chi connectivity index (χ0v) is 15.4. The lowest BCUT2D eigenvalue weighted by Crippen LogP contribution is -2.17. The Morgan fingerprint density at radius 2 is 1.46 bits per heavy atom. The van der Waals surface area contributed by atoms with E-state index in [2.05, 4.69) is 9.44 Å². The third-order valence-electron chi connectivity index (χ3n) is 3.02. The molecule has 0 atom stereocenters. The number of nitrogens with one attached hydrogen (secondary N) is 2. The monoisotopic (exact) mass is 428 g/mol. The second-order valence-corrected chi connectivity index (χ2v) is 9.00. The van der Waals surface area contributed by atoms with Crippen molar-refractivity contribution in [2.45, 2.75) is 11.1 Å². The van der Waals surface area contributed by atoms with Crippen LogP contribution in [-0.2, 0) is 26.2 Å². The van der Waals surface area contributed by atoms with Gasteiger partial charge in [-0.3, -0.25) is 9.44 Å². The van der Waals surface area contributed by atoms with Gasteiger partial charge in [0.25, 0.3) is 10.0 Å². The molecule has 0 aromatic heterocycles. The maximum atomic E-state index is 12.9. The Labute approximate surface area is 153 Å². The molecule has 0 aliphatic heterocycles. The van der Waals surface area contributed by atoms with Crippen LogP contribution in [0.5, 0.6) is 0 Å². The summed E-state index contributed by atoms with van der Waals surface area (Å²) >= 11 is 5.48. The summed E-state index contributed by atoms with van der Waals surface area (Å²) in [6.07, 6.45) is -3.97. The highest BCUT2D eigenvalue weighted by Crippen LogP contribution is 2.36. The fourth-order valence-corrected chi connectivity index (χ4v) is 3.86. The molecule has 26 heavy (non-hydrogen) atoms. The van der Waals surface area contributed by atoms with Crippen molar-refractivity contribution in [1.29, 1.82) is 0 Å². The molecule has 2 rings (SSSR count). The van der Waals surface area contributed by atoms with Crippen LogP contribution in [0.1, 0.15) is 5.56 Å². The number of hydrogen-bond acceptors (Lipinski definition) is 4. The number of hydrogen-bond donors (Lipinski definition) is 2. The predicted octanol–water partition coefficient (Wildman–Crippen LogP) is 3.53. The Hall–Kier alpha value is -1.98. The summed E-state index contributed by atoms with van der Waals surface area (Å²) in [4.78, 5) is -0.677. The SMILES string of the molecule is CS(=O)(=O)Nc1ccccc1NS(=O)(=O)c1ccc(Cl)c(C(F)(F)F)c1. The molecule has 0 fully saturated rings. The van der Waals surface area contributed by atoms with Gasteiger partial charge in [0.05, 0.1) is 33.1 Å². The molecule has 12 heteroatoms. The molecule has 0 amide bonds. The largest absolute Gasteiger partial charge is 0.417 e. The number of para-hydroxylation sites is 2. The van der Waals surface area contributed by atoms with Crippen molar-refractivity contribution in [3.8, 4) is 0 Å². The predicted molar refractivity (Wildman–Crippen MR) is 92.2 cm³/mol. The number of rotatable bonds is 5. The van der Waals surface area contributed by atoms with Crippen molar-refractivity contribution in [3.63, 3.8) is 0 Å². The Kier molecular flexibility index (Phi) is 5.45. The Balaban J connectivity index is 2.45. The van der Waals surface area contributed by atoms with Crippen LogP contribution in [0.4, 0.5) is 24.5 Å². The molecule has 0 unspecified atom stereocenters. The minimum absolute atomic E-state index is 0.0800. The highest BCUT2D eigenvalue weighted by molar-refractivity contribution is 7.93. The van der Waals surface area contributed by atoms with Gasteiger partial charge < -0.3 is 0 Å². The normalized spacial score (nSPS) is 12.7. The van der Waals surface area contributed by atoms with E-state index >= 15 is 0 Å². The Bertz CT molecular complexity index is 1040. The molecule has 0 heterocycles. The smallest absolute Gasteiger partial charge is 0.282 e. The van der Waals surface area contributed by atoms with Crippen LogP contribution in [0.2, 0.25) is 5.02 Å². The summed E-state index contributed by atoms with van der Waals surface area (Å²) in [6.45, 7) is 0. The molecule has 0 saturated carbocycles. The van der Waals surface area contributed by atoms with E-state index in [1.54, 1.807) is 0 Å². The number of alkyl halides is 3. The number of benzene rings is 2. The van der Waals surface area contributed by atoms with Crippen LogP contribution < -0.4 is 9.44 Å². The summed E-state index contributed by atoms with van der Waals surface area (Å²) in [6, 6.07) is 7.56. The van der Waals surface area contributed by atoms with Crippen LogP contribution in [0.3, 0.4) is 0 Å². The molecule has 2 N–H and O–H groups in total. The minimum atomic E-state index is -4.83. The van der Waals surface area contributed by atoms with Gasteiger partial charge in [-0.05, 0) is 30.3 Å². The van der Waals surface area contributed by atoms with E-state index in [9.17, 15) is 30.0 Å². The summed E-state index contributed by atoms with van der Waals surface area (Å²) in [7, 11) is -8.14. The second kappa shape index (κ2) is 6.97. The molecule has 2 aromatic rings.